The van der Waals surface area contributed by atoms with Gasteiger partial charge in [-0.1, -0.05) is 36.4 Å². The van der Waals surface area contributed by atoms with Crippen LogP contribution in [0.2, 0.25) is 0 Å². The topological polar surface area (TPSA) is 99.4 Å². The Morgan fingerprint density at radius 1 is 0.929 bits per heavy atom. The van der Waals surface area contributed by atoms with E-state index in [9.17, 15) is 20.4 Å². The molecule has 1 aromatic heterocycles. The molecule has 0 radical (unpaired) electrons. The first kappa shape index (κ1) is 19.3. The molecule has 0 spiro atoms. The lowest BCUT2D eigenvalue weighted by Crippen LogP contribution is -2.60. The number of hydrogen-bond donors (Lipinski definition) is 4. The minimum absolute atomic E-state index is 0.492. The van der Waals surface area contributed by atoms with Gasteiger partial charge in [0, 0.05) is 16.0 Å². The molecule has 1 fully saturated rings. The van der Waals surface area contributed by atoms with Crippen molar-refractivity contribution in [1.82, 2.24) is 0 Å². The molecular formula is C21H22O6S. The monoisotopic (exact) mass is 402 g/mol. The lowest BCUT2D eigenvalue weighted by Gasteiger charge is -2.39. The predicted octanol–water partition coefficient (Wildman–Crippen LogP) is 1.67. The average Bonchev–Trinajstić information content (AvgIpc) is 3.12. The van der Waals surface area contributed by atoms with E-state index in [1.165, 1.54) is 15.0 Å². The highest BCUT2D eigenvalue weighted by molar-refractivity contribution is 7.19. The fourth-order valence-corrected chi connectivity index (χ4v) is 4.45. The Bertz CT molecular complexity index is 906. The number of thiophene rings is 1. The molecule has 2 heterocycles. The number of rotatable bonds is 5. The zero-order chi connectivity index (χ0) is 19.7. The van der Waals surface area contributed by atoms with Crippen LogP contribution in [0.15, 0.2) is 54.6 Å². The van der Waals surface area contributed by atoms with Gasteiger partial charge in [-0.25, -0.2) is 0 Å². The van der Waals surface area contributed by atoms with Crippen molar-refractivity contribution >= 4 is 21.4 Å². The summed E-state index contributed by atoms with van der Waals surface area (Å²) in [6.07, 6.45) is -5.86. The zero-order valence-electron chi connectivity index (χ0n) is 15.0. The van der Waals surface area contributed by atoms with Crippen LogP contribution in [0.25, 0.3) is 10.1 Å². The molecule has 5 atom stereocenters. The Hall–Kier alpha value is -2.00. The van der Waals surface area contributed by atoms with Gasteiger partial charge >= 0.3 is 0 Å². The van der Waals surface area contributed by atoms with E-state index in [1.54, 1.807) is 17.4 Å². The molecule has 4 N–H and O–H groups in total. The maximum atomic E-state index is 10.2. The van der Waals surface area contributed by atoms with Crippen LogP contribution >= 0.6 is 11.3 Å². The first-order valence-electron chi connectivity index (χ1n) is 9.09. The molecule has 0 unspecified atom stereocenters. The van der Waals surface area contributed by atoms with Gasteiger partial charge < -0.3 is 29.9 Å². The third-order valence-electron chi connectivity index (χ3n) is 4.91. The number of hydrogen-bond acceptors (Lipinski definition) is 7. The molecule has 0 aliphatic carbocycles. The Kier molecular flexibility index (Phi) is 5.63. The van der Waals surface area contributed by atoms with Crippen molar-refractivity contribution in [3.63, 3.8) is 0 Å². The van der Waals surface area contributed by atoms with E-state index in [0.717, 1.165) is 5.56 Å². The molecule has 0 bridgehead atoms. The van der Waals surface area contributed by atoms with Crippen molar-refractivity contribution in [1.29, 1.82) is 0 Å². The maximum Gasteiger partial charge on any atom is 0.229 e. The van der Waals surface area contributed by atoms with Crippen LogP contribution in [0.5, 0.6) is 5.75 Å². The molecule has 7 heteroatoms. The smallest absolute Gasteiger partial charge is 0.229 e. The van der Waals surface area contributed by atoms with Crippen LogP contribution < -0.4 is 4.74 Å². The highest BCUT2D eigenvalue weighted by atomic mass is 32.1. The highest BCUT2D eigenvalue weighted by Gasteiger charge is 2.44. The second-order valence-electron chi connectivity index (χ2n) is 6.85. The summed E-state index contributed by atoms with van der Waals surface area (Å²) >= 11 is 1.71. The third-order valence-corrected chi connectivity index (χ3v) is 6.02. The first-order chi connectivity index (χ1) is 13.6. The fraction of sp³-hybridized carbons (Fsp3) is 0.333. The molecule has 1 saturated heterocycles. The SMILES string of the molecule is OC[C@H]1O[C@@H](Oc2ccccc2Cc2cc3ccccc3s2)[C@H](O)[C@@H](O)[C@@H]1O. The van der Waals surface area contributed by atoms with E-state index in [0.29, 0.717) is 12.2 Å². The summed E-state index contributed by atoms with van der Waals surface area (Å²) in [5.74, 6) is 0.518. The number of aliphatic hydroxyl groups excluding tert-OH is 4. The summed E-state index contributed by atoms with van der Waals surface area (Å²) in [5.41, 5.74) is 0.908. The molecule has 0 amide bonds. The normalized spacial score (nSPS) is 27.8. The highest BCUT2D eigenvalue weighted by Crippen LogP contribution is 2.31. The van der Waals surface area contributed by atoms with Gasteiger partial charge in [0.1, 0.15) is 30.2 Å². The lowest BCUT2D eigenvalue weighted by atomic mass is 9.99. The van der Waals surface area contributed by atoms with Gasteiger partial charge in [0.25, 0.3) is 0 Å². The molecule has 6 nitrogen and oxygen atoms in total. The van der Waals surface area contributed by atoms with E-state index in [-0.39, 0.29) is 0 Å². The molecule has 3 aromatic rings. The first-order valence-corrected chi connectivity index (χ1v) is 9.91. The van der Waals surface area contributed by atoms with Crippen molar-refractivity contribution in [2.24, 2.45) is 0 Å². The standard InChI is InChI=1S/C21H22O6S/c22-11-16-18(23)19(24)20(25)21(27-16)26-15-7-3-1-5-12(15)9-14-10-13-6-2-4-8-17(13)28-14/h1-8,10,16,18-25H,9,11H2/t16-,18-,19+,20-,21-/m1/s1. The molecule has 1 aliphatic rings. The van der Waals surface area contributed by atoms with E-state index < -0.39 is 37.3 Å². The van der Waals surface area contributed by atoms with E-state index in [4.69, 9.17) is 9.47 Å². The minimum Gasteiger partial charge on any atom is -0.462 e. The van der Waals surface area contributed by atoms with Crippen LogP contribution in [0, 0.1) is 0 Å². The molecule has 148 valence electrons. The number of fused-ring (bicyclic) bond motifs is 1. The summed E-state index contributed by atoms with van der Waals surface area (Å²) in [4.78, 5) is 1.17. The number of benzene rings is 2. The minimum atomic E-state index is -1.47. The van der Waals surface area contributed by atoms with Crippen LogP contribution in [0.3, 0.4) is 0 Å². The molecule has 4 rings (SSSR count). The Morgan fingerprint density at radius 2 is 1.68 bits per heavy atom. The number of para-hydroxylation sites is 1. The summed E-state index contributed by atoms with van der Waals surface area (Å²) in [5, 5.41) is 40.6. The number of ether oxygens (including phenoxy) is 2. The van der Waals surface area contributed by atoms with Crippen molar-refractivity contribution in [3.05, 3.63) is 65.0 Å². The van der Waals surface area contributed by atoms with Crippen molar-refractivity contribution < 1.29 is 29.9 Å². The predicted molar refractivity (Wildman–Crippen MR) is 105 cm³/mol. The van der Waals surface area contributed by atoms with Crippen LogP contribution in [-0.4, -0.2) is 57.7 Å². The van der Waals surface area contributed by atoms with E-state index >= 15 is 0 Å². The number of aliphatic hydroxyl groups is 4. The fourth-order valence-electron chi connectivity index (χ4n) is 3.37. The van der Waals surface area contributed by atoms with Gasteiger partial charge in [0.05, 0.1) is 6.61 Å². The average molecular weight is 402 g/mol. The largest absolute Gasteiger partial charge is 0.462 e. The summed E-state index contributed by atoms with van der Waals surface area (Å²) in [6.45, 7) is -0.492. The van der Waals surface area contributed by atoms with Gasteiger partial charge in [-0.2, -0.15) is 0 Å². The summed E-state index contributed by atoms with van der Waals surface area (Å²) in [7, 11) is 0. The molecular weight excluding hydrogens is 380 g/mol. The Labute approximate surface area is 166 Å². The third kappa shape index (κ3) is 3.77. The van der Waals surface area contributed by atoms with Crippen LogP contribution in [-0.2, 0) is 11.2 Å². The van der Waals surface area contributed by atoms with Gasteiger partial charge in [0.2, 0.25) is 6.29 Å². The van der Waals surface area contributed by atoms with Gasteiger partial charge in [-0.05, 0) is 29.1 Å². The van der Waals surface area contributed by atoms with Crippen molar-refractivity contribution in [2.75, 3.05) is 6.61 Å². The second-order valence-corrected chi connectivity index (χ2v) is 8.02. The van der Waals surface area contributed by atoms with Crippen molar-refractivity contribution in [2.45, 2.75) is 37.1 Å². The molecule has 28 heavy (non-hydrogen) atoms. The van der Waals surface area contributed by atoms with Crippen LogP contribution in [0.1, 0.15) is 10.4 Å². The Morgan fingerprint density at radius 3 is 2.46 bits per heavy atom. The second kappa shape index (κ2) is 8.16. The van der Waals surface area contributed by atoms with Gasteiger partial charge in [-0.15, -0.1) is 11.3 Å². The molecule has 1 aliphatic heterocycles. The molecule has 2 aromatic carbocycles. The van der Waals surface area contributed by atoms with Crippen molar-refractivity contribution in [3.8, 4) is 5.75 Å². The lowest BCUT2D eigenvalue weighted by molar-refractivity contribution is -0.277. The molecule has 0 saturated carbocycles. The van der Waals surface area contributed by atoms with E-state index in [1.807, 2.05) is 30.3 Å². The maximum absolute atomic E-state index is 10.2. The van der Waals surface area contributed by atoms with E-state index in [2.05, 4.69) is 18.2 Å². The quantitative estimate of drug-likeness (QED) is 0.518. The van der Waals surface area contributed by atoms with Gasteiger partial charge in [0.15, 0.2) is 0 Å². The summed E-state index contributed by atoms with van der Waals surface area (Å²) < 4.78 is 12.5. The Balaban J connectivity index is 1.56. The zero-order valence-corrected chi connectivity index (χ0v) is 15.8. The van der Waals surface area contributed by atoms with Crippen LogP contribution in [0.4, 0.5) is 0 Å². The summed E-state index contributed by atoms with van der Waals surface area (Å²) in [6, 6.07) is 17.7. The van der Waals surface area contributed by atoms with Gasteiger partial charge in [-0.3, -0.25) is 0 Å².